The van der Waals surface area contributed by atoms with E-state index in [-0.39, 0.29) is 5.69 Å². The number of nitrogens with one attached hydrogen (secondary N) is 1. The van der Waals surface area contributed by atoms with Crippen molar-refractivity contribution in [1.29, 1.82) is 0 Å². The molecular weight excluding hydrogens is 184 g/mol. The second kappa shape index (κ2) is 3.02. The number of carbonyl (C=O) groups is 1. The number of aromatic amines is 1. The van der Waals surface area contributed by atoms with Crippen LogP contribution in [0.1, 0.15) is 16.1 Å². The molecule has 2 aromatic rings. The molecule has 0 aliphatic rings. The van der Waals surface area contributed by atoms with Crippen LogP contribution in [0, 0.1) is 6.92 Å². The van der Waals surface area contributed by atoms with Gasteiger partial charge in [0.1, 0.15) is 17.7 Å². The predicted molar refractivity (Wildman–Crippen MR) is 48.0 cm³/mol. The van der Waals surface area contributed by atoms with Crippen LogP contribution in [-0.4, -0.2) is 21.0 Å². The third-order valence-electron chi connectivity index (χ3n) is 1.89. The molecule has 72 valence electrons. The molecule has 0 spiro atoms. The molecule has 2 heterocycles. The van der Waals surface area contributed by atoms with Gasteiger partial charge in [0.2, 0.25) is 5.89 Å². The highest BCUT2D eigenvalue weighted by molar-refractivity contribution is 5.88. The van der Waals surface area contributed by atoms with E-state index in [1.165, 1.54) is 12.5 Å². The van der Waals surface area contributed by atoms with E-state index in [1.54, 1.807) is 13.0 Å². The first-order chi connectivity index (χ1) is 6.68. The Labute approximate surface area is 79.4 Å². The molecule has 0 aromatic carbocycles. The second-order valence-electron chi connectivity index (χ2n) is 2.88. The van der Waals surface area contributed by atoms with Crippen LogP contribution in [0.5, 0.6) is 0 Å². The van der Waals surface area contributed by atoms with Crippen molar-refractivity contribution in [1.82, 2.24) is 9.97 Å². The highest BCUT2D eigenvalue weighted by Gasteiger charge is 2.13. The van der Waals surface area contributed by atoms with Crippen molar-refractivity contribution >= 4 is 5.97 Å². The minimum Gasteiger partial charge on any atom is -0.477 e. The summed E-state index contributed by atoms with van der Waals surface area (Å²) in [6.07, 6.45) is 2.94. The number of aromatic carboxylic acids is 1. The van der Waals surface area contributed by atoms with Crippen molar-refractivity contribution in [3.8, 4) is 11.6 Å². The lowest BCUT2D eigenvalue weighted by Gasteiger charge is -1.89. The van der Waals surface area contributed by atoms with Gasteiger partial charge in [-0.05, 0) is 18.6 Å². The van der Waals surface area contributed by atoms with Crippen molar-refractivity contribution < 1.29 is 14.3 Å². The summed E-state index contributed by atoms with van der Waals surface area (Å²) in [6, 6.07) is 1.69. The van der Waals surface area contributed by atoms with Gasteiger partial charge in [-0.3, -0.25) is 0 Å². The van der Waals surface area contributed by atoms with Gasteiger partial charge >= 0.3 is 5.97 Å². The molecular formula is C9H8N2O3. The van der Waals surface area contributed by atoms with Gasteiger partial charge in [-0.2, -0.15) is 0 Å². The summed E-state index contributed by atoms with van der Waals surface area (Å²) in [5.41, 5.74) is 1.40. The lowest BCUT2D eigenvalue weighted by molar-refractivity contribution is 0.0690. The second-order valence-corrected chi connectivity index (χ2v) is 2.88. The summed E-state index contributed by atoms with van der Waals surface area (Å²) in [6.45, 7) is 1.71. The highest BCUT2D eigenvalue weighted by Crippen LogP contribution is 2.19. The molecule has 0 atom stereocenters. The number of rotatable bonds is 2. The van der Waals surface area contributed by atoms with E-state index >= 15 is 0 Å². The van der Waals surface area contributed by atoms with E-state index in [0.29, 0.717) is 17.1 Å². The summed E-state index contributed by atoms with van der Waals surface area (Å²) >= 11 is 0. The van der Waals surface area contributed by atoms with Crippen molar-refractivity contribution in [2.24, 2.45) is 0 Å². The fourth-order valence-corrected chi connectivity index (χ4v) is 1.25. The summed E-state index contributed by atoms with van der Waals surface area (Å²) < 4.78 is 5.03. The van der Waals surface area contributed by atoms with Crippen LogP contribution in [0.3, 0.4) is 0 Å². The highest BCUT2D eigenvalue weighted by atomic mass is 16.4. The number of oxazole rings is 1. The van der Waals surface area contributed by atoms with Gasteiger partial charge in [-0.1, -0.05) is 0 Å². The summed E-state index contributed by atoms with van der Waals surface area (Å²) in [5.74, 6) is -0.596. The van der Waals surface area contributed by atoms with Crippen LogP contribution >= 0.6 is 0 Å². The zero-order chi connectivity index (χ0) is 10.1. The number of carboxylic acids is 1. The number of aromatic nitrogens is 2. The van der Waals surface area contributed by atoms with E-state index in [2.05, 4.69) is 9.97 Å². The van der Waals surface area contributed by atoms with Gasteiger partial charge < -0.3 is 14.5 Å². The zero-order valence-corrected chi connectivity index (χ0v) is 7.44. The fourth-order valence-electron chi connectivity index (χ4n) is 1.25. The minimum absolute atomic E-state index is 0.165. The molecule has 0 aliphatic heterocycles. The van der Waals surface area contributed by atoms with Crippen molar-refractivity contribution in [3.63, 3.8) is 0 Å². The lowest BCUT2D eigenvalue weighted by Crippen LogP contribution is -1.98. The summed E-state index contributed by atoms with van der Waals surface area (Å²) in [4.78, 5) is 17.4. The number of carboxylic acid groups (broad SMARTS) is 1. The Morgan fingerprint density at radius 1 is 1.64 bits per heavy atom. The number of hydrogen-bond donors (Lipinski definition) is 2. The number of H-pyrrole nitrogens is 1. The first kappa shape index (κ1) is 8.55. The Balaban J connectivity index is 2.48. The van der Waals surface area contributed by atoms with Crippen LogP contribution in [0.4, 0.5) is 0 Å². The smallest absolute Gasteiger partial charge is 0.352 e. The Bertz CT molecular complexity index is 456. The maximum absolute atomic E-state index is 10.7. The standard InChI is InChI=1S/C9H8N2O3/c1-5-4-6(8-10-2-3-14-8)11-7(5)9(12)13/h2-4,11H,1H3,(H,12,13). The average Bonchev–Trinajstić information content (AvgIpc) is 2.70. The number of aryl methyl sites for hydroxylation is 1. The molecule has 0 saturated carbocycles. The first-order valence-electron chi connectivity index (χ1n) is 4.01. The van der Waals surface area contributed by atoms with Crippen molar-refractivity contribution in [2.45, 2.75) is 6.92 Å². The molecule has 14 heavy (non-hydrogen) atoms. The van der Waals surface area contributed by atoms with Crippen LogP contribution in [-0.2, 0) is 0 Å². The molecule has 5 nitrogen and oxygen atoms in total. The fraction of sp³-hybridized carbons (Fsp3) is 0.111. The molecule has 2 rings (SSSR count). The van der Waals surface area contributed by atoms with E-state index in [4.69, 9.17) is 9.52 Å². The van der Waals surface area contributed by atoms with Crippen LogP contribution in [0.15, 0.2) is 22.9 Å². The molecule has 0 radical (unpaired) electrons. The molecule has 2 N–H and O–H groups in total. The summed E-state index contributed by atoms with van der Waals surface area (Å²) in [7, 11) is 0. The molecule has 0 aliphatic carbocycles. The van der Waals surface area contributed by atoms with Crippen molar-refractivity contribution in [2.75, 3.05) is 0 Å². The predicted octanol–water partition coefficient (Wildman–Crippen LogP) is 1.68. The van der Waals surface area contributed by atoms with Gasteiger partial charge in [0.25, 0.3) is 0 Å². The Hall–Kier alpha value is -2.04. The molecule has 0 fully saturated rings. The topological polar surface area (TPSA) is 79.1 Å². The Morgan fingerprint density at radius 3 is 2.93 bits per heavy atom. The summed E-state index contributed by atoms with van der Waals surface area (Å²) in [5, 5.41) is 8.79. The molecule has 0 amide bonds. The normalized spacial score (nSPS) is 10.4. The molecule has 0 saturated heterocycles. The largest absolute Gasteiger partial charge is 0.477 e. The molecule has 0 bridgehead atoms. The Kier molecular flexibility index (Phi) is 1.85. The Morgan fingerprint density at radius 2 is 2.43 bits per heavy atom. The monoisotopic (exact) mass is 192 g/mol. The van der Waals surface area contributed by atoms with E-state index in [1.807, 2.05) is 0 Å². The minimum atomic E-state index is -0.986. The SMILES string of the molecule is Cc1cc(-c2ncco2)[nH]c1C(=O)O. The first-order valence-corrected chi connectivity index (χ1v) is 4.01. The van der Waals surface area contributed by atoms with Gasteiger partial charge in [0, 0.05) is 0 Å². The van der Waals surface area contributed by atoms with Crippen LogP contribution < -0.4 is 0 Å². The van der Waals surface area contributed by atoms with E-state index < -0.39 is 5.97 Å². The van der Waals surface area contributed by atoms with Crippen molar-refractivity contribution in [3.05, 3.63) is 29.8 Å². The maximum Gasteiger partial charge on any atom is 0.352 e. The molecule has 2 aromatic heterocycles. The number of nitrogens with zero attached hydrogens (tertiary/aromatic N) is 1. The van der Waals surface area contributed by atoms with Crippen LogP contribution in [0.25, 0.3) is 11.6 Å². The van der Waals surface area contributed by atoms with Gasteiger partial charge in [0.05, 0.1) is 6.20 Å². The average molecular weight is 192 g/mol. The molecule has 0 unspecified atom stereocenters. The maximum atomic E-state index is 10.7. The molecule has 5 heteroatoms. The van der Waals surface area contributed by atoms with Gasteiger partial charge in [-0.25, -0.2) is 9.78 Å². The van der Waals surface area contributed by atoms with Gasteiger partial charge in [0.15, 0.2) is 0 Å². The zero-order valence-electron chi connectivity index (χ0n) is 7.44. The van der Waals surface area contributed by atoms with Gasteiger partial charge in [-0.15, -0.1) is 0 Å². The quantitative estimate of drug-likeness (QED) is 0.758. The van der Waals surface area contributed by atoms with E-state index in [0.717, 1.165) is 0 Å². The number of hydrogen-bond acceptors (Lipinski definition) is 3. The third-order valence-corrected chi connectivity index (χ3v) is 1.89. The lowest BCUT2D eigenvalue weighted by atomic mass is 10.2. The van der Waals surface area contributed by atoms with Crippen LogP contribution in [0.2, 0.25) is 0 Å². The van der Waals surface area contributed by atoms with E-state index in [9.17, 15) is 4.79 Å². The third kappa shape index (κ3) is 1.28.